The van der Waals surface area contributed by atoms with Crippen LogP contribution >= 0.6 is 11.3 Å². The van der Waals surface area contributed by atoms with E-state index in [9.17, 15) is 4.79 Å². The molecule has 0 unspecified atom stereocenters. The number of amides is 1. The molecule has 0 saturated carbocycles. The summed E-state index contributed by atoms with van der Waals surface area (Å²) in [4.78, 5) is 13.3. The highest BCUT2D eigenvalue weighted by atomic mass is 32.1. The monoisotopic (exact) mass is 326 g/mol. The van der Waals surface area contributed by atoms with E-state index in [1.165, 1.54) is 4.88 Å². The van der Waals surface area contributed by atoms with Crippen LogP contribution in [-0.4, -0.2) is 20.7 Å². The Morgan fingerprint density at radius 3 is 3.00 bits per heavy atom. The Balaban J connectivity index is 1.66. The molecule has 3 aromatic rings. The Morgan fingerprint density at radius 1 is 1.30 bits per heavy atom. The maximum Gasteiger partial charge on any atom is 0.224 e. The molecule has 1 N–H and O–H groups in total. The van der Waals surface area contributed by atoms with Gasteiger partial charge in [-0.1, -0.05) is 18.2 Å². The predicted molar refractivity (Wildman–Crippen MR) is 92.4 cm³/mol. The van der Waals surface area contributed by atoms with Crippen LogP contribution in [0.15, 0.2) is 48.1 Å². The second-order valence-corrected chi connectivity index (χ2v) is 6.18. The third kappa shape index (κ3) is 3.84. The summed E-state index contributed by atoms with van der Waals surface area (Å²) < 4.78 is 1.97. The van der Waals surface area contributed by atoms with Crippen molar-refractivity contribution in [1.82, 2.24) is 14.8 Å². The summed E-state index contributed by atoms with van der Waals surface area (Å²) in [5.41, 5.74) is 1.73. The molecular formula is C17H18N4OS. The molecule has 3 rings (SSSR count). The molecule has 6 heteroatoms. The maximum absolute atomic E-state index is 12.1. The molecule has 1 amide bonds. The average molecular weight is 326 g/mol. The number of anilines is 1. The van der Waals surface area contributed by atoms with Gasteiger partial charge in [0.1, 0.15) is 6.33 Å². The van der Waals surface area contributed by atoms with Crippen LogP contribution in [0, 0.1) is 0 Å². The van der Waals surface area contributed by atoms with E-state index >= 15 is 0 Å². The van der Waals surface area contributed by atoms with Crippen LogP contribution in [0.2, 0.25) is 0 Å². The SMILES string of the molecule is CCn1cnnc1-c1cccc(NC(=O)CCc2cccs2)c1. The molecule has 0 fully saturated rings. The van der Waals surface area contributed by atoms with E-state index in [1.807, 2.05) is 47.2 Å². The average Bonchev–Trinajstić information content (AvgIpc) is 3.24. The van der Waals surface area contributed by atoms with E-state index in [0.717, 1.165) is 30.0 Å². The molecule has 0 bridgehead atoms. The van der Waals surface area contributed by atoms with Gasteiger partial charge in [0, 0.05) is 29.1 Å². The lowest BCUT2D eigenvalue weighted by atomic mass is 10.1. The zero-order valence-corrected chi connectivity index (χ0v) is 13.7. The van der Waals surface area contributed by atoms with Crippen molar-refractivity contribution in [2.45, 2.75) is 26.3 Å². The molecule has 0 aliphatic carbocycles. The number of nitrogens with one attached hydrogen (secondary N) is 1. The summed E-state index contributed by atoms with van der Waals surface area (Å²) in [7, 11) is 0. The van der Waals surface area contributed by atoms with Crippen molar-refractivity contribution >= 4 is 22.9 Å². The first-order valence-corrected chi connectivity index (χ1v) is 8.44. The molecule has 118 valence electrons. The van der Waals surface area contributed by atoms with Crippen molar-refractivity contribution in [3.63, 3.8) is 0 Å². The number of aryl methyl sites for hydroxylation is 2. The van der Waals surface area contributed by atoms with E-state index in [2.05, 4.69) is 21.6 Å². The number of carbonyl (C=O) groups is 1. The van der Waals surface area contributed by atoms with Crippen molar-refractivity contribution in [3.8, 4) is 11.4 Å². The lowest BCUT2D eigenvalue weighted by molar-refractivity contribution is -0.116. The summed E-state index contributed by atoms with van der Waals surface area (Å²) in [6.07, 6.45) is 2.96. The van der Waals surface area contributed by atoms with Crippen molar-refractivity contribution in [2.24, 2.45) is 0 Å². The summed E-state index contributed by atoms with van der Waals surface area (Å²) in [6.45, 7) is 2.85. The fraction of sp³-hybridized carbons (Fsp3) is 0.235. The van der Waals surface area contributed by atoms with Gasteiger partial charge in [-0.15, -0.1) is 21.5 Å². The van der Waals surface area contributed by atoms with Gasteiger partial charge >= 0.3 is 0 Å². The van der Waals surface area contributed by atoms with Crippen molar-refractivity contribution in [3.05, 3.63) is 53.0 Å². The first kappa shape index (κ1) is 15.4. The van der Waals surface area contributed by atoms with Crippen LogP contribution in [0.25, 0.3) is 11.4 Å². The lowest BCUT2D eigenvalue weighted by Gasteiger charge is -2.08. The van der Waals surface area contributed by atoms with E-state index in [0.29, 0.717) is 6.42 Å². The zero-order chi connectivity index (χ0) is 16.1. The van der Waals surface area contributed by atoms with Crippen LogP contribution in [0.4, 0.5) is 5.69 Å². The van der Waals surface area contributed by atoms with Crippen LogP contribution < -0.4 is 5.32 Å². The molecule has 5 nitrogen and oxygen atoms in total. The standard InChI is InChI=1S/C17H18N4OS/c1-2-21-12-18-20-17(21)13-5-3-6-14(11-13)19-16(22)9-8-15-7-4-10-23-15/h3-7,10-12H,2,8-9H2,1H3,(H,19,22). The van der Waals surface area contributed by atoms with Crippen LogP contribution in [0.1, 0.15) is 18.2 Å². The van der Waals surface area contributed by atoms with E-state index in [-0.39, 0.29) is 5.91 Å². The summed E-state index contributed by atoms with van der Waals surface area (Å²) >= 11 is 1.68. The van der Waals surface area contributed by atoms with Crippen molar-refractivity contribution in [1.29, 1.82) is 0 Å². The second kappa shape index (κ2) is 7.19. The van der Waals surface area contributed by atoms with Gasteiger partial charge in [0.25, 0.3) is 0 Å². The van der Waals surface area contributed by atoms with Gasteiger partial charge in [0.15, 0.2) is 5.82 Å². The number of nitrogens with zero attached hydrogens (tertiary/aromatic N) is 3. The second-order valence-electron chi connectivity index (χ2n) is 5.15. The number of thiophene rings is 1. The van der Waals surface area contributed by atoms with Gasteiger partial charge < -0.3 is 9.88 Å². The number of rotatable bonds is 6. The highest BCUT2D eigenvalue weighted by Gasteiger charge is 2.08. The quantitative estimate of drug-likeness (QED) is 0.753. The third-order valence-electron chi connectivity index (χ3n) is 3.54. The molecule has 0 atom stereocenters. The smallest absolute Gasteiger partial charge is 0.224 e. The largest absolute Gasteiger partial charge is 0.326 e. The van der Waals surface area contributed by atoms with E-state index in [4.69, 9.17) is 0 Å². The highest BCUT2D eigenvalue weighted by Crippen LogP contribution is 2.21. The molecule has 0 aliphatic heterocycles. The van der Waals surface area contributed by atoms with Gasteiger partial charge in [0.2, 0.25) is 5.91 Å². The molecule has 1 aromatic carbocycles. The van der Waals surface area contributed by atoms with Crippen LogP contribution in [-0.2, 0) is 17.8 Å². The van der Waals surface area contributed by atoms with Gasteiger partial charge in [0.05, 0.1) is 0 Å². The molecule has 23 heavy (non-hydrogen) atoms. The molecule has 0 saturated heterocycles. The fourth-order valence-corrected chi connectivity index (χ4v) is 3.07. The van der Waals surface area contributed by atoms with Gasteiger partial charge in [-0.2, -0.15) is 0 Å². The lowest BCUT2D eigenvalue weighted by Crippen LogP contribution is -2.12. The van der Waals surface area contributed by atoms with Gasteiger partial charge in [-0.05, 0) is 36.9 Å². The Morgan fingerprint density at radius 2 is 2.22 bits per heavy atom. The minimum absolute atomic E-state index is 0.0208. The van der Waals surface area contributed by atoms with Crippen molar-refractivity contribution < 1.29 is 4.79 Å². The molecule has 0 radical (unpaired) electrons. The normalized spacial score (nSPS) is 10.7. The van der Waals surface area contributed by atoms with Crippen LogP contribution in [0.5, 0.6) is 0 Å². The first-order valence-electron chi connectivity index (χ1n) is 7.56. The number of benzene rings is 1. The predicted octanol–water partition coefficient (Wildman–Crippen LogP) is 3.60. The Labute approximate surface area is 139 Å². The number of carbonyl (C=O) groups excluding carboxylic acids is 1. The van der Waals surface area contributed by atoms with Gasteiger partial charge in [-0.3, -0.25) is 4.79 Å². The molecule has 0 spiro atoms. The first-order chi connectivity index (χ1) is 11.3. The Kier molecular flexibility index (Phi) is 4.83. The number of aromatic nitrogens is 3. The Bertz CT molecular complexity index is 780. The third-order valence-corrected chi connectivity index (χ3v) is 4.48. The maximum atomic E-state index is 12.1. The summed E-state index contributed by atoms with van der Waals surface area (Å²) in [5.74, 6) is 0.828. The molecule has 0 aliphatic rings. The minimum Gasteiger partial charge on any atom is -0.326 e. The zero-order valence-electron chi connectivity index (χ0n) is 12.9. The minimum atomic E-state index is 0.0208. The highest BCUT2D eigenvalue weighted by molar-refractivity contribution is 7.09. The summed E-state index contributed by atoms with van der Waals surface area (Å²) in [5, 5.41) is 13.1. The molecule has 2 heterocycles. The van der Waals surface area contributed by atoms with E-state index < -0.39 is 0 Å². The van der Waals surface area contributed by atoms with Crippen molar-refractivity contribution in [2.75, 3.05) is 5.32 Å². The molecule has 2 aromatic heterocycles. The topological polar surface area (TPSA) is 59.8 Å². The summed E-state index contributed by atoms with van der Waals surface area (Å²) in [6, 6.07) is 11.8. The van der Waals surface area contributed by atoms with Crippen LogP contribution in [0.3, 0.4) is 0 Å². The Hall–Kier alpha value is -2.47. The molecular weight excluding hydrogens is 308 g/mol. The van der Waals surface area contributed by atoms with Gasteiger partial charge in [-0.25, -0.2) is 0 Å². The number of hydrogen-bond acceptors (Lipinski definition) is 4. The number of hydrogen-bond donors (Lipinski definition) is 1. The fourth-order valence-electron chi connectivity index (χ4n) is 2.36. The van der Waals surface area contributed by atoms with E-state index in [1.54, 1.807) is 17.7 Å².